The van der Waals surface area contributed by atoms with E-state index < -0.39 is 26.5 Å². The highest BCUT2D eigenvalue weighted by atomic mass is 31.2. The lowest BCUT2D eigenvalue weighted by atomic mass is 10.1. The SMILES string of the molecule is CCCCCc1cc(C)c(CCCCCCCCCCC(=O)OCC(COP(=O)(O)OCC[N+](C)(C)C)OC(=O)CCCCCCCCCCc2oc(CCC)cc2C)o1. The maximum Gasteiger partial charge on any atom is 0.472 e. The van der Waals surface area contributed by atoms with Gasteiger partial charge in [0.1, 0.15) is 42.8 Å². The van der Waals surface area contributed by atoms with E-state index in [1.54, 1.807) is 0 Å². The van der Waals surface area contributed by atoms with Crippen molar-refractivity contribution in [1.82, 2.24) is 0 Å². The minimum atomic E-state index is -4.40. The lowest BCUT2D eigenvalue weighted by Crippen LogP contribution is -2.37. The third-order valence-corrected chi connectivity index (χ3v) is 11.9. The summed E-state index contributed by atoms with van der Waals surface area (Å²) in [6, 6.07) is 4.39. The number of likely N-dealkylation sites (N-methyl/N-ethyl adjacent to an activating group) is 1. The van der Waals surface area contributed by atoms with Crippen molar-refractivity contribution in [2.45, 2.75) is 201 Å². The standard InChI is InChI=1S/C48H84NO10P/c1-8-10-23-29-43-37-41(4)46(58-43)31-25-20-15-11-13-17-21-26-32-47(50)54-38-44(39-56-60(52,53)55-35-34-49(5,6)7)59-48(51)33-27-22-18-14-12-16-19-24-30-45-40(3)36-42(57-45)28-9-2/h36-37,44H,8-35,38-39H2,1-7H3/p+1. The summed E-state index contributed by atoms with van der Waals surface area (Å²) in [7, 11) is 1.44. The predicted octanol–water partition coefficient (Wildman–Crippen LogP) is 12.3. The van der Waals surface area contributed by atoms with Crippen LogP contribution in [0.15, 0.2) is 21.0 Å². The van der Waals surface area contributed by atoms with Gasteiger partial charge in [-0.15, -0.1) is 0 Å². The first-order chi connectivity index (χ1) is 28.7. The number of carbonyl (C=O) groups excluding carboxylic acids is 2. The van der Waals surface area contributed by atoms with E-state index in [2.05, 4.69) is 39.8 Å². The van der Waals surface area contributed by atoms with Gasteiger partial charge in [-0.1, -0.05) is 104 Å². The fraction of sp³-hybridized carbons (Fsp3) is 0.792. The van der Waals surface area contributed by atoms with Crippen LogP contribution < -0.4 is 0 Å². The van der Waals surface area contributed by atoms with Gasteiger partial charge in [0.25, 0.3) is 0 Å². The number of rotatable bonds is 38. The average molecular weight is 867 g/mol. The Bertz CT molecular complexity index is 1480. The Hall–Kier alpha value is -2.43. The van der Waals surface area contributed by atoms with Gasteiger partial charge in [0.2, 0.25) is 0 Å². The van der Waals surface area contributed by atoms with Gasteiger partial charge in [-0.2, -0.15) is 0 Å². The molecule has 60 heavy (non-hydrogen) atoms. The number of ether oxygens (including phenoxy) is 2. The van der Waals surface area contributed by atoms with E-state index >= 15 is 0 Å². The Morgan fingerprint density at radius 1 is 0.617 bits per heavy atom. The lowest BCUT2D eigenvalue weighted by molar-refractivity contribution is -0.870. The molecule has 0 saturated carbocycles. The van der Waals surface area contributed by atoms with Crippen LogP contribution in [0, 0.1) is 13.8 Å². The Kier molecular flexibility index (Phi) is 28.1. The number of hydrogen-bond donors (Lipinski definition) is 1. The maximum absolute atomic E-state index is 12.8. The molecule has 0 aromatic carbocycles. The zero-order valence-electron chi connectivity index (χ0n) is 39.0. The summed E-state index contributed by atoms with van der Waals surface area (Å²) in [6.07, 6.45) is 25.2. The monoisotopic (exact) mass is 867 g/mol. The van der Waals surface area contributed by atoms with Crippen LogP contribution in [0.2, 0.25) is 0 Å². The van der Waals surface area contributed by atoms with Gasteiger partial charge >= 0.3 is 19.8 Å². The van der Waals surface area contributed by atoms with Crippen molar-refractivity contribution < 1.29 is 50.9 Å². The first kappa shape index (κ1) is 53.7. The van der Waals surface area contributed by atoms with Crippen LogP contribution in [0.25, 0.3) is 0 Å². The zero-order valence-corrected chi connectivity index (χ0v) is 39.9. The predicted molar refractivity (Wildman–Crippen MR) is 240 cm³/mol. The summed E-state index contributed by atoms with van der Waals surface area (Å²) in [6.45, 7) is 8.53. The molecule has 11 nitrogen and oxygen atoms in total. The van der Waals surface area contributed by atoms with Crippen molar-refractivity contribution in [3.63, 3.8) is 0 Å². The van der Waals surface area contributed by atoms with Crippen LogP contribution in [0.5, 0.6) is 0 Å². The molecule has 0 bridgehead atoms. The van der Waals surface area contributed by atoms with Gasteiger partial charge in [-0.05, 0) is 75.6 Å². The second kappa shape index (κ2) is 31.4. The molecule has 2 unspecified atom stereocenters. The maximum atomic E-state index is 12.8. The minimum Gasteiger partial charge on any atom is -0.466 e. The van der Waals surface area contributed by atoms with Gasteiger partial charge in [-0.25, -0.2) is 4.57 Å². The van der Waals surface area contributed by atoms with Crippen LogP contribution in [-0.2, 0) is 58.4 Å². The molecule has 2 aromatic heterocycles. The first-order valence-electron chi connectivity index (χ1n) is 23.6. The van der Waals surface area contributed by atoms with Gasteiger partial charge in [0, 0.05) is 38.5 Å². The van der Waals surface area contributed by atoms with E-state index in [9.17, 15) is 19.0 Å². The third kappa shape index (κ3) is 26.8. The van der Waals surface area contributed by atoms with Crippen LogP contribution >= 0.6 is 7.82 Å². The molecule has 2 heterocycles. The van der Waals surface area contributed by atoms with Crippen molar-refractivity contribution >= 4 is 19.8 Å². The van der Waals surface area contributed by atoms with Crippen molar-refractivity contribution in [2.24, 2.45) is 0 Å². The van der Waals surface area contributed by atoms with Crippen molar-refractivity contribution in [1.29, 1.82) is 0 Å². The molecule has 0 aliphatic heterocycles. The molecule has 346 valence electrons. The number of quaternary nitrogens is 1. The molecule has 2 aromatic rings. The molecule has 2 atom stereocenters. The number of phosphoric acid groups is 1. The number of nitrogens with zero attached hydrogens (tertiary/aromatic N) is 1. The summed E-state index contributed by atoms with van der Waals surface area (Å²) >= 11 is 0. The number of unbranched alkanes of at least 4 members (excludes halogenated alkanes) is 16. The Balaban J connectivity index is 1.62. The molecule has 0 aliphatic carbocycles. The highest BCUT2D eigenvalue weighted by Crippen LogP contribution is 2.43. The molecule has 12 heteroatoms. The van der Waals surface area contributed by atoms with E-state index in [4.69, 9.17) is 27.4 Å². The molecule has 0 fully saturated rings. The summed E-state index contributed by atoms with van der Waals surface area (Å²) in [5.41, 5.74) is 2.55. The van der Waals surface area contributed by atoms with Gasteiger partial charge in [0.05, 0.1) is 27.7 Å². The lowest BCUT2D eigenvalue weighted by Gasteiger charge is -2.24. The van der Waals surface area contributed by atoms with Crippen molar-refractivity contribution in [3.8, 4) is 0 Å². The molecule has 0 radical (unpaired) electrons. The number of carbonyl (C=O) groups is 2. The Morgan fingerprint density at radius 3 is 1.58 bits per heavy atom. The number of esters is 2. The molecule has 0 aliphatic rings. The van der Waals surface area contributed by atoms with Gasteiger partial charge in [0.15, 0.2) is 6.10 Å². The third-order valence-electron chi connectivity index (χ3n) is 10.9. The summed E-state index contributed by atoms with van der Waals surface area (Å²) in [5.74, 6) is 3.67. The second-order valence-electron chi connectivity index (χ2n) is 17.9. The number of phosphoric ester groups is 1. The van der Waals surface area contributed by atoms with Crippen LogP contribution in [0.1, 0.15) is 189 Å². The zero-order chi connectivity index (χ0) is 44.1. The van der Waals surface area contributed by atoms with E-state index in [1.165, 1.54) is 68.9 Å². The van der Waals surface area contributed by atoms with Crippen molar-refractivity contribution in [2.75, 3.05) is 47.5 Å². The van der Waals surface area contributed by atoms with Crippen molar-refractivity contribution in [3.05, 3.63) is 46.3 Å². The summed E-state index contributed by atoms with van der Waals surface area (Å²) < 4.78 is 46.6. The van der Waals surface area contributed by atoms with Gasteiger partial charge in [-0.3, -0.25) is 18.6 Å². The smallest absolute Gasteiger partial charge is 0.466 e. The molecule has 0 spiro atoms. The topological polar surface area (TPSA) is 135 Å². The number of furan rings is 2. The number of aryl methyl sites for hydroxylation is 6. The molecular formula is C48H85NO10P+. The Labute approximate surface area is 364 Å². The van der Waals surface area contributed by atoms with E-state index in [-0.39, 0.29) is 32.0 Å². The first-order valence-corrected chi connectivity index (χ1v) is 25.1. The molecule has 2 rings (SSSR count). The normalized spacial score (nSPS) is 13.4. The minimum absolute atomic E-state index is 0.0206. The summed E-state index contributed by atoms with van der Waals surface area (Å²) in [4.78, 5) is 35.6. The highest BCUT2D eigenvalue weighted by molar-refractivity contribution is 7.47. The second-order valence-corrected chi connectivity index (χ2v) is 19.4. The summed E-state index contributed by atoms with van der Waals surface area (Å²) in [5, 5.41) is 0. The molecule has 1 N–H and O–H groups in total. The van der Waals surface area contributed by atoms with Crippen LogP contribution in [-0.4, -0.2) is 74.9 Å². The fourth-order valence-electron chi connectivity index (χ4n) is 7.21. The van der Waals surface area contributed by atoms with Crippen LogP contribution in [0.3, 0.4) is 0 Å². The van der Waals surface area contributed by atoms with E-state index in [0.717, 1.165) is 107 Å². The average Bonchev–Trinajstić information content (AvgIpc) is 3.72. The van der Waals surface area contributed by atoms with E-state index in [0.29, 0.717) is 23.9 Å². The molecule has 0 saturated heterocycles. The number of hydrogen-bond acceptors (Lipinski definition) is 9. The largest absolute Gasteiger partial charge is 0.472 e. The van der Waals surface area contributed by atoms with E-state index in [1.807, 2.05) is 21.1 Å². The Morgan fingerprint density at radius 2 is 1.08 bits per heavy atom. The van der Waals surface area contributed by atoms with Crippen LogP contribution in [0.4, 0.5) is 0 Å². The van der Waals surface area contributed by atoms with Gasteiger partial charge < -0.3 is 27.7 Å². The fourth-order valence-corrected chi connectivity index (χ4v) is 7.96. The highest BCUT2D eigenvalue weighted by Gasteiger charge is 2.27. The molecule has 0 amide bonds. The quantitative estimate of drug-likeness (QED) is 0.0301. The molecular weight excluding hydrogens is 781 g/mol.